The maximum Gasteiger partial charge on any atom is 0.333 e. The third-order valence-electron chi connectivity index (χ3n) is 3.79. The van der Waals surface area contributed by atoms with Crippen LogP contribution >= 0.6 is 12.4 Å². The molecule has 2 aromatic rings. The summed E-state index contributed by atoms with van der Waals surface area (Å²) in [7, 11) is 1.57. The number of benzene rings is 2. The molecule has 0 fully saturated rings. The van der Waals surface area contributed by atoms with E-state index in [9.17, 15) is 4.79 Å². The van der Waals surface area contributed by atoms with Crippen LogP contribution < -0.4 is 15.8 Å². The number of methoxy groups -OCH3 is 1. The highest BCUT2D eigenvalue weighted by molar-refractivity contribution is 5.95. The Morgan fingerprint density at radius 3 is 2.48 bits per heavy atom. The molecule has 1 atom stereocenters. The van der Waals surface area contributed by atoms with Crippen LogP contribution in [0.25, 0.3) is 6.08 Å². The number of anilines is 1. The summed E-state index contributed by atoms with van der Waals surface area (Å²) in [5, 5.41) is 10.6. The second-order valence-corrected chi connectivity index (χ2v) is 5.56. The summed E-state index contributed by atoms with van der Waals surface area (Å²) in [6, 6.07) is 11.7. The fraction of sp³-hybridized carbons (Fsp3) is 0.200. The van der Waals surface area contributed by atoms with Crippen LogP contribution in [0.15, 0.2) is 49.0 Å². The van der Waals surface area contributed by atoms with E-state index in [1.807, 2.05) is 12.1 Å². The molecule has 6 nitrogen and oxygen atoms in total. The van der Waals surface area contributed by atoms with E-state index in [4.69, 9.17) is 20.6 Å². The van der Waals surface area contributed by atoms with E-state index in [-0.39, 0.29) is 24.8 Å². The number of halogens is 1. The first kappa shape index (κ1) is 22.1. The molecule has 27 heavy (non-hydrogen) atoms. The molecule has 2 aromatic carbocycles. The molecule has 0 aliphatic heterocycles. The van der Waals surface area contributed by atoms with Crippen LogP contribution in [0.1, 0.15) is 29.7 Å². The molecule has 0 radical (unpaired) electrons. The zero-order valence-electron chi connectivity index (χ0n) is 15.3. The largest absolute Gasteiger partial charge is 0.497 e. The van der Waals surface area contributed by atoms with Gasteiger partial charge in [0, 0.05) is 11.3 Å². The predicted molar refractivity (Wildman–Crippen MR) is 111 cm³/mol. The predicted octanol–water partition coefficient (Wildman–Crippen LogP) is 3.76. The van der Waals surface area contributed by atoms with Crippen molar-refractivity contribution in [3.8, 4) is 5.75 Å². The first-order chi connectivity index (χ1) is 12.5. The number of nitrogens with two attached hydrogens (primary N) is 1. The average Bonchev–Trinajstić information content (AvgIpc) is 2.66. The monoisotopic (exact) mass is 389 g/mol. The van der Waals surface area contributed by atoms with Crippen LogP contribution in [0.4, 0.5) is 5.69 Å². The lowest BCUT2D eigenvalue weighted by atomic mass is 10.0. The van der Waals surface area contributed by atoms with Gasteiger partial charge in [-0.3, -0.25) is 5.41 Å². The number of nitrogen functional groups attached to an aromatic ring is 1. The number of nitrogens with one attached hydrogen (secondary N) is 2. The zero-order valence-corrected chi connectivity index (χ0v) is 16.1. The molecule has 0 heterocycles. The number of amidine groups is 1. The van der Waals surface area contributed by atoms with Gasteiger partial charge < -0.3 is 20.5 Å². The van der Waals surface area contributed by atoms with E-state index in [1.165, 1.54) is 0 Å². The van der Waals surface area contributed by atoms with Crippen LogP contribution in [0.5, 0.6) is 5.75 Å². The minimum absolute atomic E-state index is 0. The Kier molecular flexibility index (Phi) is 8.35. The molecule has 0 amide bonds. The Morgan fingerprint density at radius 2 is 1.96 bits per heavy atom. The lowest BCUT2D eigenvalue weighted by molar-refractivity contribution is -0.144. The molecule has 2 rings (SSSR count). The molecule has 1 unspecified atom stereocenters. The van der Waals surface area contributed by atoms with Gasteiger partial charge in [-0.15, -0.1) is 12.4 Å². The lowest BCUT2D eigenvalue weighted by Gasteiger charge is -2.20. The van der Waals surface area contributed by atoms with Gasteiger partial charge in [-0.05, 0) is 60.5 Å². The first-order valence-electron chi connectivity index (χ1n) is 8.17. The Morgan fingerprint density at radius 1 is 1.30 bits per heavy atom. The van der Waals surface area contributed by atoms with Crippen molar-refractivity contribution in [2.75, 3.05) is 19.0 Å². The van der Waals surface area contributed by atoms with Crippen molar-refractivity contribution in [2.24, 2.45) is 5.73 Å². The van der Waals surface area contributed by atoms with E-state index in [0.29, 0.717) is 22.6 Å². The molecule has 0 saturated carbocycles. The zero-order chi connectivity index (χ0) is 19.1. The molecule has 0 saturated heterocycles. The Balaban J connectivity index is 0.00000364. The Labute approximate surface area is 165 Å². The van der Waals surface area contributed by atoms with Gasteiger partial charge in [0.2, 0.25) is 0 Å². The van der Waals surface area contributed by atoms with Crippen molar-refractivity contribution in [2.45, 2.75) is 13.0 Å². The Hall–Kier alpha value is -2.99. The quantitative estimate of drug-likeness (QED) is 0.363. The molecule has 0 aliphatic rings. The smallest absolute Gasteiger partial charge is 0.333 e. The topological polar surface area (TPSA) is 97.4 Å². The van der Waals surface area contributed by atoms with E-state index in [1.54, 1.807) is 50.4 Å². The third kappa shape index (κ3) is 5.76. The van der Waals surface area contributed by atoms with Gasteiger partial charge in [0.25, 0.3) is 0 Å². The summed E-state index contributed by atoms with van der Waals surface area (Å²) in [6.45, 7) is 5.81. The van der Waals surface area contributed by atoms with Crippen molar-refractivity contribution < 1.29 is 14.3 Å². The summed E-state index contributed by atoms with van der Waals surface area (Å²) >= 11 is 0. The van der Waals surface area contributed by atoms with Crippen LogP contribution in [-0.2, 0) is 9.53 Å². The lowest BCUT2D eigenvalue weighted by Crippen LogP contribution is -2.23. The molecular formula is C20H24ClN3O3. The number of carbonyl (C=O) groups excluding carboxylic acids is 1. The minimum atomic E-state index is -0.716. The second kappa shape index (κ2) is 10.2. The second-order valence-electron chi connectivity index (χ2n) is 5.56. The van der Waals surface area contributed by atoms with Crippen molar-refractivity contribution >= 4 is 36.0 Å². The highest BCUT2D eigenvalue weighted by Crippen LogP contribution is 2.27. The summed E-state index contributed by atoms with van der Waals surface area (Å²) in [5.41, 5.74) is 8.33. The molecule has 7 heteroatoms. The summed E-state index contributed by atoms with van der Waals surface area (Å²) < 4.78 is 10.5. The van der Waals surface area contributed by atoms with Gasteiger partial charge in [0.15, 0.2) is 6.04 Å². The molecule has 4 N–H and O–H groups in total. The number of rotatable bonds is 8. The molecule has 0 bridgehead atoms. The number of carbonyl (C=O) groups is 1. The molecule has 0 aromatic heterocycles. The highest BCUT2D eigenvalue weighted by Gasteiger charge is 2.23. The average molecular weight is 390 g/mol. The Bertz CT molecular complexity index is 807. The number of esters is 1. The van der Waals surface area contributed by atoms with Crippen molar-refractivity contribution in [3.05, 3.63) is 65.7 Å². The van der Waals surface area contributed by atoms with Gasteiger partial charge in [-0.2, -0.15) is 0 Å². The standard InChI is InChI=1S/C20H23N3O3.ClH/c1-4-13-10-15(12-17(11-13)25-3)18(20(24)26-5-2)23-16-8-6-14(7-9-16)19(21)22;/h4,6-12,18,23H,1,5H2,2-3H3,(H3,21,22);1H. The van der Waals surface area contributed by atoms with Crippen LogP contribution in [0, 0.1) is 5.41 Å². The first-order valence-corrected chi connectivity index (χ1v) is 8.17. The molecular weight excluding hydrogens is 366 g/mol. The summed E-state index contributed by atoms with van der Waals surface area (Å²) in [5.74, 6) is 0.216. The number of hydrogen-bond acceptors (Lipinski definition) is 5. The van der Waals surface area contributed by atoms with E-state index < -0.39 is 12.0 Å². The normalized spacial score (nSPS) is 10.9. The highest BCUT2D eigenvalue weighted by atomic mass is 35.5. The summed E-state index contributed by atoms with van der Waals surface area (Å²) in [4.78, 5) is 12.5. The van der Waals surface area contributed by atoms with Gasteiger partial charge >= 0.3 is 5.97 Å². The fourth-order valence-electron chi connectivity index (χ4n) is 2.46. The summed E-state index contributed by atoms with van der Waals surface area (Å²) in [6.07, 6.45) is 1.69. The number of ether oxygens (including phenoxy) is 2. The molecule has 0 aliphatic carbocycles. The van der Waals surface area contributed by atoms with E-state index in [0.717, 1.165) is 5.56 Å². The van der Waals surface area contributed by atoms with E-state index in [2.05, 4.69) is 11.9 Å². The van der Waals surface area contributed by atoms with Crippen molar-refractivity contribution in [3.63, 3.8) is 0 Å². The van der Waals surface area contributed by atoms with Crippen molar-refractivity contribution in [1.29, 1.82) is 5.41 Å². The number of hydrogen-bond donors (Lipinski definition) is 3. The molecule has 0 spiro atoms. The van der Waals surface area contributed by atoms with Crippen molar-refractivity contribution in [1.82, 2.24) is 0 Å². The van der Waals surface area contributed by atoms with Crippen LogP contribution in [0.2, 0.25) is 0 Å². The van der Waals surface area contributed by atoms with Gasteiger partial charge in [-0.1, -0.05) is 12.7 Å². The maximum atomic E-state index is 12.5. The minimum Gasteiger partial charge on any atom is -0.497 e. The van der Waals surface area contributed by atoms with Crippen LogP contribution in [0.3, 0.4) is 0 Å². The third-order valence-corrected chi connectivity index (χ3v) is 3.79. The fourth-order valence-corrected chi connectivity index (χ4v) is 2.46. The van der Waals surface area contributed by atoms with Crippen LogP contribution in [-0.4, -0.2) is 25.5 Å². The van der Waals surface area contributed by atoms with Gasteiger partial charge in [0.05, 0.1) is 13.7 Å². The van der Waals surface area contributed by atoms with Gasteiger partial charge in [0.1, 0.15) is 11.6 Å². The molecule has 144 valence electrons. The maximum absolute atomic E-state index is 12.5. The SMILES string of the molecule is C=Cc1cc(OC)cc(C(Nc2ccc(C(=N)N)cc2)C(=O)OCC)c1.Cl. The van der Waals surface area contributed by atoms with Gasteiger partial charge in [-0.25, -0.2) is 4.79 Å². The van der Waals surface area contributed by atoms with E-state index >= 15 is 0 Å².